The minimum atomic E-state index is 0.0285. The fraction of sp³-hybridized carbons (Fsp3) is 0.267. The first kappa shape index (κ1) is 15.1. The van der Waals surface area contributed by atoms with Gasteiger partial charge in [0.15, 0.2) is 0 Å². The van der Waals surface area contributed by atoms with Gasteiger partial charge in [-0.1, -0.05) is 13.0 Å². The lowest BCUT2D eigenvalue weighted by atomic mass is 10.1. The van der Waals surface area contributed by atoms with Gasteiger partial charge in [-0.25, -0.2) is 0 Å². The molecule has 0 saturated carbocycles. The molecule has 2 N–H and O–H groups in total. The molecule has 0 aliphatic rings. The first-order valence-electron chi connectivity index (χ1n) is 6.46. The zero-order chi connectivity index (χ0) is 14.5. The molecule has 0 fully saturated rings. The van der Waals surface area contributed by atoms with Crippen LogP contribution in [0, 0.1) is 6.92 Å². The van der Waals surface area contributed by atoms with Gasteiger partial charge in [0.05, 0.1) is 6.54 Å². The van der Waals surface area contributed by atoms with Gasteiger partial charge >= 0.3 is 0 Å². The SMILES string of the molecule is CCC(=O)Nc1ccc(C)c(NCc2sccc2Br)c1. The van der Waals surface area contributed by atoms with Crippen LogP contribution < -0.4 is 10.6 Å². The molecule has 0 aliphatic heterocycles. The molecule has 106 valence electrons. The van der Waals surface area contributed by atoms with E-state index in [1.165, 1.54) is 4.88 Å². The van der Waals surface area contributed by atoms with Crippen molar-refractivity contribution in [1.82, 2.24) is 0 Å². The summed E-state index contributed by atoms with van der Waals surface area (Å²) in [5, 5.41) is 8.36. The average molecular weight is 353 g/mol. The number of aryl methyl sites for hydroxylation is 1. The number of hydrogen-bond donors (Lipinski definition) is 2. The number of hydrogen-bond acceptors (Lipinski definition) is 3. The number of halogens is 1. The van der Waals surface area contributed by atoms with E-state index in [-0.39, 0.29) is 5.91 Å². The van der Waals surface area contributed by atoms with Gasteiger partial charge in [-0.3, -0.25) is 4.79 Å². The van der Waals surface area contributed by atoms with Crippen LogP contribution in [0.15, 0.2) is 34.1 Å². The molecule has 0 saturated heterocycles. The monoisotopic (exact) mass is 352 g/mol. The molecule has 0 aliphatic carbocycles. The van der Waals surface area contributed by atoms with E-state index < -0.39 is 0 Å². The molecule has 0 radical (unpaired) electrons. The highest BCUT2D eigenvalue weighted by Gasteiger charge is 2.05. The summed E-state index contributed by atoms with van der Waals surface area (Å²) in [6.07, 6.45) is 0.485. The van der Waals surface area contributed by atoms with E-state index in [0.29, 0.717) is 6.42 Å². The zero-order valence-corrected chi connectivity index (χ0v) is 13.9. The predicted octanol–water partition coefficient (Wildman–Crippen LogP) is 4.78. The normalized spacial score (nSPS) is 10.3. The van der Waals surface area contributed by atoms with Gasteiger partial charge in [-0.05, 0) is 52.0 Å². The lowest BCUT2D eigenvalue weighted by Gasteiger charge is -2.12. The molecule has 0 unspecified atom stereocenters. The predicted molar refractivity (Wildman–Crippen MR) is 89.4 cm³/mol. The molecule has 0 bridgehead atoms. The van der Waals surface area contributed by atoms with Gasteiger partial charge in [0.2, 0.25) is 5.91 Å². The van der Waals surface area contributed by atoms with E-state index in [0.717, 1.165) is 28.0 Å². The van der Waals surface area contributed by atoms with Crippen LogP contribution in [0.5, 0.6) is 0 Å². The smallest absolute Gasteiger partial charge is 0.224 e. The van der Waals surface area contributed by atoms with Crippen LogP contribution in [-0.2, 0) is 11.3 Å². The quantitative estimate of drug-likeness (QED) is 0.812. The minimum Gasteiger partial charge on any atom is -0.380 e. The summed E-state index contributed by atoms with van der Waals surface area (Å²) in [5.41, 5.74) is 3.03. The van der Waals surface area contributed by atoms with Crippen LogP contribution in [-0.4, -0.2) is 5.91 Å². The average Bonchev–Trinajstić information content (AvgIpc) is 2.84. The van der Waals surface area contributed by atoms with Gasteiger partial charge in [0.1, 0.15) is 0 Å². The summed E-state index contributed by atoms with van der Waals surface area (Å²) in [7, 11) is 0. The summed E-state index contributed by atoms with van der Waals surface area (Å²) < 4.78 is 1.13. The second-order valence-electron chi connectivity index (χ2n) is 4.48. The Morgan fingerprint density at radius 1 is 1.35 bits per heavy atom. The molecule has 2 rings (SSSR count). The highest BCUT2D eigenvalue weighted by atomic mass is 79.9. The number of amides is 1. The number of benzene rings is 1. The van der Waals surface area contributed by atoms with Gasteiger partial charge in [0, 0.05) is 27.1 Å². The summed E-state index contributed by atoms with van der Waals surface area (Å²) in [6, 6.07) is 7.96. The van der Waals surface area contributed by atoms with Crippen molar-refractivity contribution in [2.24, 2.45) is 0 Å². The van der Waals surface area contributed by atoms with Crippen molar-refractivity contribution in [2.75, 3.05) is 10.6 Å². The van der Waals surface area contributed by atoms with Gasteiger partial charge in [-0.15, -0.1) is 11.3 Å². The molecule has 1 aromatic carbocycles. The van der Waals surface area contributed by atoms with Crippen molar-refractivity contribution in [3.05, 3.63) is 44.6 Å². The van der Waals surface area contributed by atoms with Crippen molar-refractivity contribution >= 4 is 44.5 Å². The third-order valence-electron chi connectivity index (χ3n) is 2.97. The molecule has 0 spiro atoms. The van der Waals surface area contributed by atoms with Gasteiger partial charge in [0.25, 0.3) is 0 Å². The van der Waals surface area contributed by atoms with Crippen LogP contribution in [0.3, 0.4) is 0 Å². The Kier molecular flexibility index (Phi) is 5.20. The maximum Gasteiger partial charge on any atom is 0.224 e. The molecule has 2 aromatic rings. The number of thiophene rings is 1. The Bertz CT molecular complexity index is 610. The Labute approximate surface area is 131 Å². The summed E-state index contributed by atoms with van der Waals surface area (Å²) >= 11 is 5.24. The van der Waals surface area contributed by atoms with Crippen LogP contribution >= 0.6 is 27.3 Å². The molecule has 3 nitrogen and oxygen atoms in total. The number of rotatable bonds is 5. The molecule has 20 heavy (non-hydrogen) atoms. The Morgan fingerprint density at radius 2 is 2.15 bits per heavy atom. The molecule has 1 amide bonds. The first-order valence-corrected chi connectivity index (χ1v) is 8.13. The number of nitrogens with one attached hydrogen (secondary N) is 2. The molecule has 1 heterocycles. The molecular formula is C15H17BrN2OS. The zero-order valence-electron chi connectivity index (χ0n) is 11.5. The molecule has 5 heteroatoms. The molecular weight excluding hydrogens is 336 g/mol. The van der Waals surface area contributed by atoms with Crippen LogP contribution in [0.25, 0.3) is 0 Å². The lowest BCUT2D eigenvalue weighted by Crippen LogP contribution is -2.10. The third kappa shape index (κ3) is 3.84. The van der Waals surface area contributed by atoms with Crippen molar-refractivity contribution in [2.45, 2.75) is 26.8 Å². The second kappa shape index (κ2) is 6.90. The van der Waals surface area contributed by atoms with Crippen molar-refractivity contribution in [1.29, 1.82) is 0 Å². The molecule has 1 aromatic heterocycles. The summed E-state index contributed by atoms with van der Waals surface area (Å²) in [5.74, 6) is 0.0285. The fourth-order valence-corrected chi connectivity index (χ4v) is 3.20. The van der Waals surface area contributed by atoms with E-state index in [1.54, 1.807) is 11.3 Å². The van der Waals surface area contributed by atoms with Crippen molar-refractivity contribution < 1.29 is 4.79 Å². The maximum absolute atomic E-state index is 11.4. The van der Waals surface area contributed by atoms with Crippen LogP contribution in [0.1, 0.15) is 23.8 Å². The number of carbonyl (C=O) groups excluding carboxylic acids is 1. The highest BCUT2D eigenvalue weighted by Crippen LogP contribution is 2.26. The number of carbonyl (C=O) groups is 1. The van der Waals surface area contributed by atoms with Gasteiger partial charge < -0.3 is 10.6 Å². The Morgan fingerprint density at radius 3 is 2.80 bits per heavy atom. The van der Waals surface area contributed by atoms with Crippen LogP contribution in [0.4, 0.5) is 11.4 Å². The Balaban J connectivity index is 2.08. The van der Waals surface area contributed by atoms with Crippen molar-refractivity contribution in [3.63, 3.8) is 0 Å². The maximum atomic E-state index is 11.4. The summed E-state index contributed by atoms with van der Waals surface area (Å²) in [4.78, 5) is 12.7. The van der Waals surface area contributed by atoms with Crippen molar-refractivity contribution in [3.8, 4) is 0 Å². The topological polar surface area (TPSA) is 41.1 Å². The molecule has 0 atom stereocenters. The third-order valence-corrected chi connectivity index (χ3v) is 4.90. The van der Waals surface area contributed by atoms with E-state index >= 15 is 0 Å². The van der Waals surface area contributed by atoms with E-state index in [4.69, 9.17) is 0 Å². The van der Waals surface area contributed by atoms with E-state index in [2.05, 4.69) is 38.9 Å². The van der Waals surface area contributed by atoms with E-state index in [9.17, 15) is 4.79 Å². The number of anilines is 2. The Hall–Kier alpha value is -1.33. The fourth-order valence-electron chi connectivity index (χ4n) is 1.77. The largest absolute Gasteiger partial charge is 0.380 e. The highest BCUT2D eigenvalue weighted by molar-refractivity contribution is 9.10. The first-order chi connectivity index (χ1) is 9.60. The lowest BCUT2D eigenvalue weighted by molar-refractivity contribution is -0.115. The minimum absolute atomic E-state index is 0.0285. The summed E-state index contributed by atoms with van der Waals surface area (Å²) in [6.45, 7) is 4.67. The van der Waals surface area contributed by atoms with E-state index in [1.807, 2.05) is 31.2 Å². The second-order valence-corrected chi connectivity index (χ2v) is 6.33. The van der Waals surface area contributed by atoms with Gasteiger partial charge in [-0.2, -0.15) is 0 Å². The van der Waals surface area contributed by atoms with Crippen LogP contribution in [0.2, 0.25) is 0 Å². The standard InChI is InChI=1S/C15H17BrN2OS/c1-3-15(19)18-11-5-4-10(2)13(8-11)17-9-14-12(16)6-7-20-14/h4-8,17H,3,9H2,1-2H3,(H,18,19).